The molecule has 0 aliphatic carbocycles. The Morgan fingerprint density at radius 2 is 1.34 bits per heavy atom. The Morgan fingerprint density at radius 1 is 0.789 bits per heavy atom. The molecule has 0 aromatic heterocycles. The van der Waals surface area contributed by atoms with Crippen LogP contribution in [0.5, 0.6) is 5.75 Å². The summed E-state index contributed by atoms with van der Waals surface area (Å²) in [7, 11) is 1.68. The molecule has 1 amide bonds. The van der Waals surface area contributed by atoms with Gasteiger partial charge in [0.05, 0.1) is 18.7 Å². The number of carbonyl (C=O) groups is 1. The van der Waals surface area contributed by atoms with Crippen LogP contribution in [0.2, 0.25) is 0 Å². The van der Waals surface area contributed by atoms with E-state index in [1.807, 2.05) is 55.5 Å². The first-order valence-electron chi connectivity index (χ1n) is 13.2. The number of hydrogen-bond donors (Lipinski definition) is 3. The van der Waals surface area contributed by atoms with Gasteiger partial charge in [0.25, 0.3) is 0 Å². The quantitative estimate of drug-likeness (QED) is 0.162. The molecule has 4 N–H and O–H groups in total. The lowest BCUT2D eigenvalue weighted by Gasteiger charge is -2.37. The Labute approximate surface area is 226 Å². The molecule has 0 unspecified atom stereocenters. The molecule has 0 aliphatic heterocycles. The standard InChI is InChI=1S/C33H37N3O2/c1-25-16-20-29(21-17-25)36-32(37)31(34)15-9-10-24-35-33(26-11-5-3-6-12-26,27-13-7-4-8-14-27)28-18-22-30(38-2)23-19-28/h3-8,11-14,16-23,31,35H,9-10,15,24,34H2,1-2H3,(H,36,37)/t31-/m0/s1. The summed E-state index contributed by atoms with van der Waals surface area (Å²) in [6.07, 6.45) is 2.33. The summed E-state index contributed by atoms with van der Waals surface area (Å²) in [5.74, 6) is 0.671. The first-order chi connectivity index (χ1) is 18.5. The van der Waals surface area contributed by atoms with E-state index in [0.29, 0.717) is 6.42 Å². The molecule has 5 heteroatoms. The summed E-state index contributed by atoms with van der Waals surface area (Å²) in [6.45, 7) is 2.77. The van der Waals surface area contributed by atoms with Crippen molar-refractivity contribution in [2.45, 2.75) is 37.8 Å². The lowest BCUT2D eigenvalue weighted by molar-refractivity contribution is -0.117. The van der Waals surface area contributed by atoms with Crippen molar-refractivity contribution in [2.75, 3.05) is 19.0 Å². The first-order valence-corrected chi connectivity index (χ1v) is 13.2. The van der Waals surface area contributed by atoms with Crippen molar-refractivity contribution >= 4 is 11.6 Å². The fourth-order valence-electron chi connectivity index (χ4n) is 4.79. The highest BCUT2D eigenvalue weighted by molar-refractivity contribution is 5.94. The van der Waals surface area contributed by atoms with Gasteiger partial charge < -0.3 is 15.8 Å². The van der Waals surface area contributed by atoms with Crippen LogP contribution in [0.25, 0.3) is 0 Å². The minimum absolute atomic E-state index is 0.150. The molecule has 0 fully saturated rings. The largest absolute Gasteiger partial charge is 0.497 e. The number of anilines is 1. The number of aryl methyl sites for hydroxylation is 1. The molecule has 0 saturated carbocycles. The van der Waals surface area contributed by atoms with E-state index in [-0.39, 0.29) is 5.91 Å². The fourth-order valence-corrected chi connectivity index (χ4v) is 4.79. The third-order valence-electron chi connectivity index (χ3n) is 6.92. The number of methoxy groups -OCH3 is 1. The molecular formula is C33H37N3O2. The van der Waals surface area contributed by atoms with E-state index in [1.165, 1.54) is 0 Å². The van der Waals surface area contributed by atoms with Crippen LogP contribution in [0, 0.1) is 6.92 Å². The van der Waals surface area contributed by atoms with Gasteiger partial charge in [-0.25, -0.2) is 0 Å². The number of amides is 1. The van der Waals surface area contributed by atoms with Gasteiger partial charge in [-0.3, -0.25) is 10.1 Å². The molecule has 4 aromatic carbocycles. The molecule has 1 atom stereocenters. The number of nitrogens with one attached hydrogen (secondary N) is 2. The number of rotatable bonds is 12. The van der Waals surface area contributed by atoms with Crippen molar-refractivity contribution in [1.29, 1.82) is 0 Å². The van der Waals surface area contributed by atoms with Crippen molar-refractivity contribution in [3.8, 4) is 5.75 Å². The second-order valence-electron chi connectivity index (χ2n) is 9.59. The highest BCUT2D eigenvalue weighted by Crippen LogP contribution is 2.37. The minimum atomic E-state index is -0.550. The van der Waals surface area contributed by atoms with Gasteiger partial charge in [-0.05, 0) is 67.3 Å². The predicted molar refractivity (Wildman–Crippen MR) is 155 cm³/mol. The monoisotopic (exact) mass is 507 g/mol. The molecule has 5 nitrogen and oxygen atoms in total. The number of hydrogen-bond acceptors (Lipinski definition) is 4. The Bertz CT molecular complexity index is 1230. The molecule has 38 heavy (non-hydrogen) atoms. The molecule has 0 heterocycles. The molecule has 4 rings (SSSR count). The molecule has 0 saturated heterocycles. The van der Waals surface area contributed by atoms with Gasteiger partial charge in [-0.15, -0.1) is 0 Å². The van der Waals surface area contributed by atoms with Crippen molar-refractivity contribution in [3.63, 3.8) is 0 Å². The van der Waals surface area contributed by atoms with Crippen LogP contribution in [0.4, 0.5) is 5.69 Å². The van der Waals surface area contributed by atoms with Crippen LogP contribution in [0.1, 0.15) is 41.5 Å². The SMILES string of the molecule is COc1ccc(C(NCCCC[C@H](N)C(=O)Nc2ccc(C)cc2)(c2ccccc2)c2ccccc2)cc1. The Balaban J connectivity index is 1.47. The lowest BCUT2D eigenvalue weighted by atomic mass is 9.77. The van der Waals surface area contributed by atoms with Crippen molar-refractivity contribution in [3.05, 3.63) is 131 Å². The second kappa shape index (κ2) is 13.0. The predicted octanol–water partition coefficient (Wildman–Crippen LogP) is 6.02. The van der Waals surface area contributed by atoms with Crippen LogP contribution in [-0.4, -0.2) is 25.6 Å². The first kappa shape index (κ1) is 27.1. The molecule has 0 radical (unpaired) electrons. The van der Waals surface area contributed by atoms with Gasteiger partial charge in [0.1, 0.15) is 5.75 Å². The molecule has 0 aliphatic rings. The van der Waals surface area contributed by atoms with Gasteiger partial charge in [-0.2, -0.15) is 0 Å². The summed E-state index contributed by atoms with van der Waals surface area (Å²) < 4.78 is 5.43. The third-order valence-corrected chi connectivity index (χ3v) is 6.92. The van der Waals surface area contributed by atoms with Crippen LogP contribution in [0.15, 0.2) is 109 Å². The van der Waals surface area contributed by atoms with Crippen molar-refractivity contribution in [1.82, 2.24) is 5.32 Å². The molecule has 196 valence electrons. The van der Waals surface area contributed by atoms with E-state index >= 15 is 0 Å². The summed E-state index contributed by atoms with van der Waals surface area (Å²) in [5.41, 5.74) is 11.0. The van der Waals surface area contributed by atoms with Crippen LogP contribution >= 0.6 is 0 Å². The summed E-state index contributed by atoms with van der Waals surface area (Å²) in [5, 5.41) is 6.80. The van der Waals surface area contributed by atoms with Crippen LogP contribution in [0.3, 0.4) is 0 Å². The minimum Gasteiger partial charge on any atom is -0.497 e. The maximum Gasteiger partial charge on any atom is 0.241 e. The summed E-state index contributed by atoms with van der Waals surface area (Å²) in [4.78, 5) is 12.6. The zero-order valence-corrected chi connectivity index (χ0v) is 22.2. The van der Waals surface area contributed by atoms with Gasteiger partial charge >= 0.3 is 0 Å². The maximum atomic E-state index is 12.6. The van der Waals surface area contributed by atoms with Gasteiger partial charge in [0.2, 0.25) is 5.91 Å². The van der Waals surface area contributed by atoms with Crippen molar-refractivity contribution < 1.29 is 9.53 Å². The van der Waals surface area contributed by atoms with Gasteiger partial charge in [-0.1, -0.05) is 96.9 Å². The normalized spacial score (nSPS) is 12.1. The van der Waals surface area contributed by atoms with E-state index in [0.717, 1.165) is 53.1 Å². The number of ether oxygens (including phenoxy) is 1. The third kappa shape index (κ3) is 6.49. The second-order valence-corrected chi connectivity index (χ2v) is 9.59. The average molecular weight is 508 g/mol. The zero-order chi connectivity index (χ0) is 26.8. The van der Waals surface area contributed by atoms with E-state index in [4.69, 9.17) is 10.5 Å². The molecular weight excluding hydrogens is 470 g/mol. The zero-order valence-electron chi connectivity index (χ0n) is 22.2. The van der Waals surface area contributed by atoms with Crippen LogP contribution in [-0.2, 0) is 10.3 Å². The van der Waals surface area contributed by atoms with E-state index < -0.39 is 11.6 Å². The number of nitrogens with two attached hydrogens (primary N) is 1. The summed E-state index contributed by atoms with van der Waals surface area (Å²) >= 11 is 0. The topological polar surface area (TPSA) is 76.4 Å². The van der Waals surface area contributed by atoms with E-state index in [9.17, 15) is 4.79 Å². The maximum absolute atomic E-state index is 12.6. The number of unbranched alkanes of at least 4 members (excludes halogenated alkanes) is 1. The number of carbonyl (C=O) groups excluding carboxylic acids is 1. The molecule has 4 aromatic rings. The number of benzene rings is 4. The van der Waals surface area contributed by atoms with E-state index in [1.54, 1.807) is 7.11 Å². The highest BCUT2D eigenvalue weighted by atomic mass is 16.5. The van der Waals surface area contributed by atoms with Crippen LogP contribution < -0.4 is 21.1 Å². The average Bonchev–Trinajstić information content (AvgIpc) is 2.97. The Hall–Kier alpha value is -3.93. The van der Waals surface area contributed by atoms with E-state index in [2.05, 4.69) is 71.3 Å². The molecule has 0 spiro atoms. The Kier molecular flexibility index (Phi) is 9.30. The van der Waals surface area contributed by atoms with Gasteiger partial charge in [0, 0.05) is 5.69 Å². The van der Waals surface area contributed by atoms with Crippen molar-refractivity contribution in [2.24, 2.45) is 5.73 Å². The molecule has 0 bridgehead atoms. The summed E-state index contributed by atoms with van der Waals surface area (Å²) in [6, 6.07) is 36.5. The highest BCUT2D eigenvalue weighted by Gasteiger charge is 2.35. The smallest absolute Gasteiger partial charge is 0.241 e. The fraction of sp³-hybridized carbons (Fsp3) is 0.242. The van der Waals surface area contributed by atoms with Gasteiger partial charge in [0.15, 0.2) is 0 Å². The Morgan fingerprint density at radius 3 is 1.89 bits per heavy atom. The lowest BCUT2D eigenvalue weighted by Crippen LogP contribution is -2.45.